The number of carboxylic acids is 1. The van der Waals surface area contributed by atoms with Crippen LogP contribution in [0.2, 0.25) is 0 Å². The van der Waals surface area contributed by atoms with Crippen molar-refractivity contribution in [2.45, 2.75) is 6.42 Å². The van der Waals surface area contributed by atoms with E-state index in [-0.39, 0.29) is 6.42 Å². The predicted octanol–water partition coefficient (Wildman–Crippen LogP) is 1.86. The van der Waals surface area contributed by atoms with E-state index in [1.807, 2.05) is 6.07 Å². The first kappa shape index (κ1) is 11.8. The lowest BCUT2D eigenvalue weighted by molar-refractivity contribution is -0.136. The molecule has 0 unspecified atom stereocenters. The number of allylic oxidation sites excluding steroid dienone is 1. The van der Waals surface area contributed by atoms with Gasteiger partial charge in [0.15, 0.2) is 0 Å². The van der Waals surface area contributed by atoms with Gasteiger partial charge in [0.05, 0.1) is 19.6 Å². The Morgan fingerprint density at radius 2 is 2.38 bits per heavy atom. The first-order valence-electron chi connectivity index (χ1n) is 4.62. The fourth-order valence-electron chi connectivity index (χ4n) is 1.34. The lowest BCUT2D eigenvalue weighted by Gasteiger charge is -2.07. The number of carboxylic acid groups (broad SMARTS) is 1. The van der Waals surface area contributed by atoms with Gasteiger partial charge in [-0.15, -0.1) is 0 Å². The Morgan fingerprint density at radius 3 is 2.94 bits per heavy atom. The van der Waals surface area contributed by atoms with Gasteiger partial charge in [0.1, 0.15) is 5.75 Å². The van der Waals surface area contributed by atoms with E-state index in [2.05, 4.69) is 0 Å². The molecule has 16 heavy (non-hydrogen) atoms. The summed E-state index contributed by atoms with van der Waals surface area (Å²) in [7, 11) is 1.49. The molecule has 0 amide bonds. The maximum atomic E-state index is 10.6. The Balaban J connectivity index is 3.06. The van der Waals surface area contributed by atoms with E-state index in [0.29, 0.717) is 11.3 Å². The summed E-state index contributed by atoms with van der Waals surface area (Å²) in [6, 6.07) is 7.02. The summed E-state index contributed by atoms with van der Waals surface area (Å²) in [6.07, 6.45) is 2.86. The number of hydrogen-bond donors (Lipinski definition) is 1. The van der Waals surface area contributed by atoms with Gasteiger partial charge < -0.3 is 9.84 Å². The van der Waals surface area contributed by atoms with Gasteiger partial charge in [0.25, 0.3) is 0 Å². The second-order valence-electron chi connectivity index (χ2n) is 3.10. The van der Waals surface area contributed by atoms with Crippen molar-refractivity contribution in [3.63, 3.8) is 0 Å². The summed E-state index contributed by atoms with van der Waals surface area (Å²) >= 11 is 0. The minimum atomic E-state index is -0.917. The van der Waals surface area contributed by atoms with Crippen LogP contribution < -0.4 is 4.74 Å². The highest BCUT2D eigenvalue weighted by Gasteiger charge is 2.07. The number of nitrogens with zero attached hydrogens (tertiary/aromatic N) is 1. The largest absolute Gasteiger partial charge is 0.496 e. The molecule has 0 aliphatic heterocycles. The maximum Gasteiger partial charge on any atom is 0.307 e. The van der Waals surface area contributed by atoms with Gasteiger partial charge in [-0.2, -0.15) is 5.26 Å². The van der Waals surface area contributed by atoms with Crippen LogP contribution in [0.25, 0.3) is 6.08 Å². The molecule has 0 atom stereocenters. The summed E-state index contributed by atoms with van der Waals surface area (Å²) in [5, 5.41) is 17.1. The monoisotopic (exact) mass is 217 g/mol. The van der Waals surface area contributed by atoms with Gasteiger partial charge in [-0.1, -0.05) is 6.07 Å². The average molecular weight is 217 g/mol. The molecule has 0 saturated heterocycles. The number of benzene rings is 1. The van der Waals surface area contributed by atoms with Gasteiger partial charge in [-0.05, 0) is 23.8 Å². The normalized spacial score (nSPS) is 10.0. The highest BCUT2D eigenvalue weighted by Crippen LogP contribution is 2.21. The van der Waals surface area contributed by atoms with Gasteiger partial charge in [0, 0.05) is 11.6 Å². The third-order valence-corrected chi connectivity index (χ3v) is 2.00. The van der Waals surface area contributed by atoms with E-state index in [9.17, 15) is 4.79 Å². The standard InChI is InChI=1S/C12H11NO3/c1-16-11-5-4-9(3-2-6-13)7-10(11)8-12(14)15/h2-5,7H,8H2,1H3,(H,14,15). The number of nitriles is 1. The fourth-order valence-corrected chi connectivity index (χ4v) is 1.34. The zero-order valence-electron chi connectivity index (χ0n) is 8.80. The Kier molecular flexibility index (Phi) is 4.10. The molecule has 0 saturated carbocycles. The SMILES string of the molecule is COc1ccc(C=CC#N)cc1CC(=O)O. The van der Waals surface area contributed by atoms with Crippen molar-refractivity contribution in [2.75, 3.05) is 7.11 Å². The van der Waals surface area contributed by atoms with E-state index in [0.717, 1.165) is 5.56 Å². The van der Waals surface area contributed by atoms with E-state index in [4.69, 9.17) is 15.1 Å². The predicted molar refractivity (Wildman–Crippen MR) is 59.0 cm³/mol. The van der Waals surface area contributed by atoms with Gasteiger partial charge >= 0.3 is 5.97 Å². The van der Waals surface area contributed by atoms with Gasteiger partial charge in [-0.3, -0.25) is 4.79 Å². The molecule has 0 aliphatic rings. The van der Waals surface area contributed by atoms with Crippen LogP contribution >= 0.6 is 0 Å². The van der Waals surface area contributed by atoms with Crippen molar-refractivity contribution < 1.29 is 14.6 Å². The van der Waals surface area contributed by atoms with Crippen molar-refractivity contribution in [3.05, 3.63) is 35.4 Å². The summed E-state index contributed by atoms with van der Waals surface area (Å²) in [6.45, 7) is 0. The van der Waals surface area contributed by atoms with Crippen molar-refractivity contribution >= 4 is 12.0 Å². The molecule has 0 spiro atoms. The van der Waals surface area contributed by atoms with Crippen LogP contribution in [0.4, 0.5) is 0 Å². The van der Waals surface area contributed by atoms with Crippen molar-refractivity contribution in [2.24, 2.45) is 0 Å². The van der Waals surface area contributed by atoms with E-state index >= 15 is 0 Å². The summed E-state index contributed by atoms with van der Waals surface area (Å²) in [5.41, 5.74) is 1.37. The maximum absolute atomic E-state index is 10.6. The molecule has 0 aromatic heterocycles. The number of aliphatic carboxylic acids is 1. The van der Waals surface area contributed by atoms with Gasteiger partial charge in [0.2, 0.25) is 0 Å². The van der Waals surface area contributed by atoms with Crippen LogP contribution in [0, 0.1) is 11.3 Å². The minimum Gasteiger partial charge on any atom is -0.496 e. The quantitative estimate of drug-likeness (QED) is 0.781. The second-order valence-corrected chi connectivity index (χ2v) is 3.10. The first-order chi connectivity index (χ1) is 7.67. The lowest BCUT2D eigenvalue weighted by Crippen LogP contribution is -2.02. The van der Waals surface area contributed by atoms with E-state index in [1.165, 1.54) is 13.2 Å². The molecule has 0 bridgehead atoms. The molecular formula is C12H11NO3. The van der Waals surface area contributed by atoms with Crippen LogP contribution in [0.5, 0.6) is 5.75 Å². The van der Waals surface area contributed by atoms with Crippen molar-refractivity contribution in [1.29, 1.82) is 5.26 Å². The molecule has 0 radical (unpaired) electrons. The lowest BCUT2D eigenvalue weighted by atomic mass is 10.1. The molecule has 0 aliphatic carbocycles. The fraction of sp³-hybridized carbons (Fsp3) is 0.167. The number of methoxy groups -OCH3 is 1. The molecule has 1 rings (SSSR count). The third kappa shape index (κ3) is 3.14. The van der Waals surface area contributed by atoms with E-state index < -0.39 is 5.97 Å². The highest BCUT2D eigenvalue weighted by molar-refractivity contribution is 5.72. The molecule has 0 heterocycles. The van der Waals surface area contributed by atoms with Crippen LogP contribution in [-0.2, 0) is 11.2 Å². The van der Waals surface area contributed by atoms with Crippen molar-refractivity contribution in [1.82, 2.24) is 0 Å². The first-order valence-corrected chi connectivity index (χ1v) is 4.62. The summed E-state index contributed by atoms with van der Waals surface area (Å²) < 4.78 is 5.05. The van der Waals surface area contributed by atoms with Crippen LogP contribution in [-0.4, -0.2) is 18.2 Å². The Labute approximate surface area is 93.4 Å². The van der Waals surface area contributed by atoms with Gasteiger partial charge in [-0.25, -0.2) is 0 Å². The average Bonchev–Trinajstić information content (AvgIpc) is 2.26. The minimum absolute atomic E-state index is 0.0998. The third-order valence-electron chi connectivity index (χ3n) is 2.00. The number of rotatable bonds is 4. The number of carbonyl (C=O) groups is 1. The molecule has 0 fully saturated rings. The van der Waals surface area contributed by atoms with Crippen LogP contribution in [0.1, 0.15) is 11.1 Å². The van der Waals surface area contributed by atoms with Crippen molar-refractivity contribution in [3.8, 4) is 11.8 Å². The molecular weight excluding hydrogens is 206 g/mol. The Morgan fingerprint density at radius 1 is 1.62 bits per heavy atom. The Bertz CT molecular complexity index is 458. The second kappa shape index (κ2) is 5.56. The summed E-state index contributed by atoms with van der Waals surface area (Å²) in [4.78, 5) is 10.6. The highest BCUT2D eigenvalue weighted by atomic mass is 16.5. The Hall–Kier alpha value is -2.28. The number of hydrogen-bond acceptors (Lipinski definition) is 3. The van der Waals surface area contributed by atoms with Crippen LogP contribution in [0.15, 0.2) is 24.3 Å². The topological polar surface area (TPSA) is 70.3 Å². The van der Waals surface area contributed by atoms with Crippen LogP contribution in [0.3, 0.4) is 0 Å². The zero-order valence-corrected chi connectivity index (χ0v) is 8.80. The van der Waals surface area contributed by atoms with E-state index in [1.54, 1.807) is 24.3 Å². The molecule has 1 aromatic rings. The molecule has 4 heteroatoms. The zero-order chi connectivity index (χ0) is 12.0. The molecule has 1 N–H and O–H groups in total. The molecule has 4 nitrogen and oxygen atoms in total. The smallest absolute Gasteiger partial charge is 0.307 e. The summed E-state index contributed by atoms with van der Waals surface area (Å²) in [5.74, 6) is -0.378. The number of ether oxygens (including phenoxy) is 1. The molecule has 1 aromatic carbocycles. The molecule has 82 valence electrons.